The van der Waals surface area contributed by atoms with E-state index in [9.17, 15) is 4.79 Å². The Morgan fingerprint density at radius 2 is 2.21 bits per heavy atom. The molecule has 2 heterocycles. The lowest BCUT2D eigenvalue weighted by Gasteiger charge is -2.01. The molecule has 1 aliphatic heterocycles. The second-order valence-electron chi connectivity index (χ2n) is 4.38. The first-order valence-corrected chi connectivity index (χ1v) is 6.24. The molecule has 98 valence electrons. The van der Waals surface area contributed by atoms with Gasteiger partial charge in [-0.15, -0.1) is 0 Å². The molecule has 0 radical (unpaired) electrons. The van der Waals surface area contributed by atoms with Crippen LogP contribution >= 0.6 is 0 Å². The molecular formula is C14H14N2O3. The summed E-state index contributed by atoms with van der Waals surface area (Å²) in [5.74, 6) is 1.42. The molecule has 0 aliphatic carbocycles. The summed E-state index contributed by atoms with van der Waals surface area (Å²) in [5.41, 5.74) is 2.13. The average molecular weight is 258 g/mol. The fourth-order valence-corrected chi connectivity index (χ4v) is 2.13. The topological polar surface area (TPSA) is 53.4 Å². The van der Waals surface area contributed by atoms with Gasteiger partial charge >= 0.3 is 0 Å². The van der Waals surface area contributed by atoms with E-state index in [0.717, 1.165) is 30.6 Å². The number of carbonyl (C=O) groups excluding carboxylic acids is 1. The third-order valence-corrected chi connectivity index (χ3v) is 3.02. The highest BCUT2D eigenvalue weighted by Crippen LogP contribution is 2.36. The lowest BCUT2D eigenvalue weighted by molar-refractivity contribution is 0.112. The van der Waals surface area contributed by atoms with Gasteiger partial charge in [0.05, 0.1) is 5.56 Å². The number of hydrogen-bond donors (Lipinski definition) is 0. The largest absolute Gasteiger partial charge is 0.454 e. The second-order valence-corrected chi connectivity index (χ2v) is 4.38. The van der Waals surface area contributed by atoms with Crippen LogP contribution in [0.3, 0.4) is 0 Å². The lowest BCUT2D eigenvalue weighted by Crippen LogP contribution is -1.96. The van der Waals surface area contributed by atoms with Crippen molar-refractivity contribution in [3.8, 4) is 22.8 Å². The maximum Gasteiger partial charge on any atom is 0.231 e. The quantitative estimate of drug-likeness (QED) is 0.791. The first kappa shape index (κ1) is 11.8. The monoisotopic (exact) mass is 258 g/mol. The van der Waals surface area contributed by atoms with Crippen molar-refractivity contribution in [1.29, 1.82) is 0 Å². The van der Waals surface area contributed by atoms with Crippen molar-refractivity contribution in [2.75, 3.05) is 6.79 Å². The molecule has 0 N–H and O–H groups in total. The van der Waals surface area contributed by atoms with Gasteiger partial charge in [-0.05, 0) is 24.6 Å². The smallest absolute Gasteiger partial charge is 0.231 e. The van der Waals surface area contributed by atoms with Gasteiger partial charge in [0.1, 0.15) is 5.69 Å². The van der Waals surface area contributed by atoms with Crippen LogP contribution in [-0.2, 0) is 6.54 Å². The zero-order valence-corrected chi connectivity index (χ0v) is 10.6. The van der Waals surface area contributed by atoms with Crippen molar-refractivity contribution in [1.82, 2.24) is 9.78 Å². The number of aldehydes is 1. The Bertz CT molecular complexity index is 619. The molecule has 5 heteroatoms. The molecule has 0 amide bonds. The third-order valence-electron chi connectivity index (χ3n) is 3.02. The van der Waals surface area contributed by atoms with Gasteiger partial charge < -0.3 is 9.47 Å². The number of rotatable bonds is 4. The Balaban J connectivity index is 2.03. The predicted octanol–water partition coefficient (Wildman–Crippen LogP) is 2.50. The van der Waals surface area contributed by atoms with Gasteiger partial charge in [-0.3, -0.25) is 9.48 Å². The van der Waals surface area contributed by atoms with Gasteiger partial charge in [-0.25, -0.2) is 0 Å². The van der Waals surface area contributed by atoms with Crippen LogP contribution in [0.5, 0.6) is 11.5 Å². The van der Waals surface area contributed by atoms with Gasteiger partial charge in [0.15, 0.2) is 17.8 Å². The van der Waals surface area contributed by atoms with Crippen LogP contribution < -0.4 is 9.47 Å². The first-order valence-electron chi connectivity index (χ1n) is 6.24. The number of carbonyl (C=O) groups is 1. The zero-order valence-electron chi connectivity index (χ0n) is 10.6. The highest BCUT2D eigenvalue weighted by Gasteiger charge is 2.17. The van der Waals surface area contributed by atoms with E-state index < -0.39 is 0 Å². The molecule has 5 nitrogen and oxygen atoms in total. The Morgan fingerprint density at radius 3 is 3.00 bits per heavy atom. The molecular weight excluding hydrogens is 244 g/mol. The third kappa shape index (κ3) is 2.07. The predicted molar refractivity (Wildman–Crippen MR) is 69.5 cm³/mol. The van der Waals surface area contributed by atoms with Crippen molar-refractivity contribution < 1.29 is 14.3 Å². The molecule has 0 unspecified atom stereocenters. The van der Waals surface area contributed by atoms with Crippen molar-refractivity contribution in [2.45, 2.75) is 19.9 Å². The number of ether oxygens (including phenoxy) is 2. The highest BCUT2D eigenvalue weighted by molar-refractivity contribution is 5.85. The Labute approximate surface area is 110 Å². The molecule has 1 aliphatic rings. The Morgan fingerprint density at radius 1 is 1.37 bits per heavy atom. The Kier molecular flexibility index (Phi) is 2.95. The number of benzene rings is 1. The standard InChI is InChI=1S/C14H14N2O3/c1-2-5-16-7-11(8-17)14(15-16)10-3-4-12-13(6-10)19-9-18-12/h3-4,6-8H,2,5,9H2,1H3. The fraction of sp³-hybridized carbons (Fsp3) is 0.286. The van der Waals surface area contributed by atoms with Crippen LogP contribution in [0.1, 0.15) is 23.7 Å². The normalized spacial score (nSPS) is 12.7. The van der Waals surface area contributed by atoms with Gasteiger partial charge in [-0.1, -0.05) is 6.92 Å². The van der Waals surface area contributed by atoms with Crippen molar-refractivity contribution in [3.05, 3.63) is 30.0 Å². The van der Waals surface area contributed by atoms with E-state index in [2.05, 4.69) is 12.0 Å². The highest BCUT2D eigenvalue weighted by atomic mass is 16.7. The summed E-state index contributed by atoms with van der Waals surface area (Å²) in [6, 6.07) is 5.58. The minimum Gasteiger partial charge on any atom is -0.454 e. The van der Waals surface area contributed by atoms with Crippen LogP contribution in [-0.4, -0.2) is 22.9 Å². The molecule has 1 aromatic carbocycles. The summed E-state index contributed by atoms with van der Waals surface area (Å²) >= 11 is 0. The molecule has 0 saturated carbocycles. The molecule has 0 saturated heterocycles. The molecule has 1 aromatic heterocycles. The number of fused-ring (bicyclic) bond motifs is 1. The van der Waals surface area contributed by atoms with Crippen LogP contribution in [0.15, 0.2) is 24.4 Å². The van der Waals surface area contributed by atoms with Gasteiger partial charge in [0.25, 0.3) is 0 Å². The van der Waals surface area contributed by atoms with Gasteiger partial charge in [0, 0.05) is 18.3 Å². The van der Waals surface area contributed by atoms with Crippen LogP contribution in [0.4, 0.5) is 0 Å². The SMILES string of the molecule is CCCn1cc(C=O)c(-c2ccc3c(c2)OCO3)n1. The van der Waals surface area contributed by atoms with Crippen molar-refractivity contribution in [2.24, 2.45) is 0 Å². The molecule has 0 spiro atoms. The summed E-state index contributed by atoms with van der Waals surface area (Å²) in [7, 11) is 0. The van der Waals surface area contributed by atoms with Crippen molar-refractivity contribution >= 4 is 6.29 Å². The lowest BCUT2D eigenvalue weighted by atomic mass is 10.1. The summed E-state index contributed by atoms with van der Waals surface area (Å²) < 4.78 is 12.4. The van der Waals surface area contributed by atoms with E-state index in [-0.39, 0.29) is 6.79 Å². The van der Waals surface area contributed by atoms with Crippen molar-refractivity contribution in [3.63, 3.8) is 0 Å². The van der Waals surface area contributed by atoms with E-state index in [0.29, 0.717) is 17.0 Å². The molecule has 2 aromatic rings. The van der Waals surface area contributed by atoms with E-state index in [1.165, 1.54) is 0 Å². The molecule has 3 rings (SSSR count). The summed E-state index contributed by atoms with van der Waals surface area (Å²) in [4.78, 5) is 11.1. The second kappa shape index (κ2) is 4.76. The van der Waals surface area contributed by atoms with Gasteiger partial charge in [-0.2, -0.15) is 5.10 Å². The summed E-state index contributed by atoms with van der Waals surface area (Å²) in [6.07, 6.45) is 3.58. The summed E-state index contributed by atoms with van der Waals surface area (Å²) in [5, 5.41) is 4.46. The maximum atomic E-state index is 11.1. The number of aryl methyl sites for hydroxylation is 1. The van der Waals surface area contributed by atoms with Crippen LogP contribution in [0.2, 0.25) is 0 Å². The zero-order chi connectivity index (χ0) is 13.2. The van der Waals surface area contributed by atoms with E-state index in [1.807, 2.05) is 18.2 Å². The molecule has 19 heavy (non-hydrogen) atoms. The number of aromatic nitrogens is 2. The first-order chi connectivity index (χ1) is 9.31. The number of nitrogens with zero attached hydrogens (tertiary/aromatic N) is 2. The minimum atomic E-state index is 0.240. The molecule has 0 bridgehead atoms. The van der Waals surface area contributed by atoms with E-state index >= 15 is 0 Å². The summed E-state index contributed by atoms with van der Waals surface area (Å²) in [6.45, 7) is 3.11. The molecule has 0 atom stereocenters. The number of hydrogen-bond acceptors (Lipinski definition) is 4. The maximum absolute atomic E-state index is 11.1. The minimum absolute atomic E-state index is 0.240. The van der Waals surface area contributed by atoms with Gasteiger partial charge in [0.2, 0.25) is 6.79 Å². The van der Waals surface area contributed by atoms with Crippen LogP contribution in [0, 0.1) is 0 Å². The Hall–Kier alpha value is -2.30. The van der Waals surface area contributed by atoms with Crippen LogP contribution in [0.25, 0.3) is 11.3 Å². The fourth-order valence-electron chi connectivity index (χ4n) is 2.13. The average Bonchev–Trinajstić information content (AvgIpc) is 3.03. The van der Waals surface area contributed by atoms with E-state index in [4.69, 9.17) is 9.47 Å². The molecule has 0 fully saturated rings. The van der Waals surface area contributed by atoms with E-state index in [1.54, 1.807) is 10.9 Å².